The van der Waals surface area contributed by atoms with Crippen molar-refractivity contribution >= 4 is 23.2 Å². The molecule has 4 heterocycles. The number of rotatable bonds is 3. The monoisotopic (exact) mass is 404 g/mol. The molecule has 6 nitrogen and oxygen atoms in total. The van der Waals surface area contributed by atoms with Crippen LogP contribution in [0.15, 0.2) is 18.3 Å². The van der Waals surface area contributed by atoms with Gasteiger partial charge in [-0.25, -0.2) is 4.98 Å². The fourth-order valence-electron chi connectivity index (χ4n) is 4.62. The summed E-state index contributed by atoms with van der Waals surface area (Å²) in [5, 5.41) is 0.640. The Morgan fingerprint density at radius 1 is 1.14 bits per heavy atom. The average molecular weight is 405 g/mol. The van der Waals surface area contributed by atoms with Crippen molar-refractivity contribution in [1.82, 2.24) is 19.2 Å². The third-order valence-electron chi connectivity index (χ3n) is 6.06. The van der Waals surface area contributed by atoms with E-state index >= 15 is 0 Å². The predicted molar refractivity (Wildman–Crippen MR) is 110 cm³/mol. The summed E-state index contributed by atoms with van der Waals surface area (Å²) in [6.45, 7) is 10.4. The quantitative estimate of drug-likeness (QED) is 0.784. The van der Waals surface area contributed by atoms with E-state index in [9.17, 15) is 4.79 Å². The summed E-state index contributed by atoms with van der Waals surface area (Å²) in [5.74, 6) is -0.0173. The van der Waals surface area contributed by atoms with E-state index in [2.05, 4.69) is 18.7 Å². The molecule has 2 saturated heterocycles. The second kappa shape index (κ2) is 7.65. The van der Waals surface area contributed by atoms with Crippen LogP contribution >= 0.6 is 11.6 Å². The second-order valence-corrected chi connectivity index (χ2v) is 8.83. The molecule has 1 amide bonds. The number of aromatic nitrogens is 2. The number of hydrogen-bond acceptors (Lipinski definition) is 4. The molecule has 0 aromatic carbocycles. The van der Waals surface area contributed by atoms with Crippen LogP contribution in [-0.2, 0) is 11.3 Å². The molecular weight excluding hydrogens is 376 g/mol. The maximum atomic E-state index is 13.4. The van der Waals surface area contributed by atoms with E-state index < -0.39 is 0 Å². The van der Waals surface area contributed by atoms with Crippen molar-refractivity contribution in [1.29, 1.82) is 0 Å². The minimum absolute atomic E-state index is 0.0173. The third-order valence-corrected chi connectivity index (χ3v) is 6.28. The summed E-state index contributed by atoms with van der Waals surface area (Å²) < 4.78 is 7.78. The maximum absolute atomic E-state index is 13.4. The van der Waals surface area contributed by atoms with Gasteiger partial charge in [0, 0.05) is 37.9 Å². The standard InChI is InChI=1S/C21H29ClN4O2/c1-13-5-6-14(2)25(13)12-18-20(23-19-8-7-17(22)11-26(18)19)21(27)24-9-15(3)28-16(4)10-24/h7-8,11,13-16H,5-6,9-10,12H2,1-4H3/t13-,14+,15-,16+. The lowest BCUT2D eigenvalue weighted by Gasteiger charge is -2.35. The topological polar surface area (TPSA) is 50.1 Å². The molecule has 0 saturated carbocycles. The van der Waals surface area contributed by atoms with Crippen LogP contribution in [0.5, 0.6) is 0 Å². The fourth-order valence-corrected chi connectivity index (χ4v) is 4.78. The first kappa shape index (κ1) is 19.7. The summed E-state index contributed by atoms with van der Waals surface area (Å²) in [6, 6.07) is 4.68. The van der Waals surface area contributed by atoms with Gasteiger partial charge < -0.3 is 14.0 Å². The smallest absolute Gasteiger partial charge is 0.274 e. The van der Waals surface area contributed by atoms with Gasteiger partial charge in [-0.05, 0) is 52.7 Å². The molecule has 7 heteroatoms. The van der Waals surface area contributed by atoms with Gasteiger partial charge in [-0.3, -0.25) is 9.69 Å². The number of ether oxygens (including phenoxy) is 1. The normalized spacial score (nSPS) is 29.0. The highest BCUT2D eigenvalue weighted by atomic mass is 35.5. The van der Waals surface area contributed by atoms with Crippen LogP contribution in [0.2, 0.25) is 5.02 Å². The van der Waals surface area contributed by atoms with E-state index in [0.29, 0.717) is 42.4 Å². The second-order valence-electron chi connectivity index (χ2n) is 8.40. The summed E-state index contributed by atoms with van der Waals surface area (Å²) in [5.41, 5.74) is 2.22. The molecule has 2 fully saturated rings. The molecule has 4 rings (SSSR count). The Balaban J connectivity index is 1.73. The Labute approximate surface area is 171 Å². The maximum Gasteiger partial charge on any atom is 0.274 e. The zero-order chi connectivity index (χ0) is 20.0. The first-order valence-corrected chi connectivity index (χ1v) is 10.6. The lowest BCUT2D eigenvalue weighted by atomic mass is 10.2. The van der Waals surface area contributed by atoms with Gasteiger partial charge in [0.1, 0.15) is 5.65 Å². The molecule has 2 aliphatic heterocycles. The number of pyridine rings is 1. The van der Waals surface area contributed by atoms with Crippen molar-refractivity contribution in [2.24, 2.45) is 0 Å². The number of amides is 1. The molecule has 0 aliphatic carbocycles. The number of nitrogens with zero attached hydrogens (tertiary/aromatic N) is 4. The van der Waals surface area contributed by atoms with Gasteiger partial charge in [0.2, 0.25) is 0 Å². The number of halogens is 1. The minimum atomic E-state index is -0.0173. The van der Waals surface area contributed by atoms with Gasteiger partial charge in [-0.15, -0.1) is 0 Å². The van der Waals surface area contributed by atoms with Crippen LogP contribution in [0.1, 0.15) is 56.7 Å². The molecule has 2 aromatic rings. The summed E-state index contributed by atoms with van der Waals surface area (Å²) >= 11 is 6.27. The van der Waals surface area contributed by atoms with Gasteiger partial charge in [0.05, 0.1) is 22.9 Å². The first-order valence-electron chi connectivity index (χ1n) is 10.2. The highest BCUT2D eigenvalue weighted by Gasteiger charge is 2.33. The summed E-state index contributed by atoms with van der Waals surface area (Å²) in [7, 11) is 0. The minimum Gasteiger partial charge on any atom is -0.372 e. The van der Waals surface area contributed by atoms with Gasteiger partial charge in [-0.2, -0.15) is 0 Å². The van der Waals surface area contributed by atoms with Gasteiger partial charge in [0.15, 0.2) is 5.69 Å². The van der Waals surface area contributed by atoms with E-state index in [-0.39, 0.29) is 18.1 Å². The molecule has 0 radical (unpaired) electrons. The van der Waals surface area contributed by atoms with E-state index in [1.54, 1.807) is 0 Å². The number of hydrogen-bond donors (Lipinski definition) is 0. The molecule has 2 aliphatic rings. The van der Waals surface area contributed by atoms with Crippen LogP contribution < -0.4 is 0 Å². The SMILES string of the molecule is C[C@@H]1CN(C(=O)c2nc3ccc(Cl)cn3c2CN2[C@H](C)CC[C@@H]2C)C[C@H](C)O1. The zero-order valence-electron chi connectivity index (χ0n) is 17.1. The third kappa shape index (κ3) is 3.65. The number of imidazole rings is 1. The van der Waals surface area contributed by atoms with Crippen molar-refractivity contribution in [3.05, 3.63) is 34.7 Å². The highest BCUT2D eigenvalue weighted by molar-refractivity contribution is 6.30. The fraction of sp³-hybridized carbons (Fsp3) is 0.619. The van der Waals surface area contributed by atoms with E-state index in [0.717, 1.165) is 11.3 Å². The van der Waals surface area contributed by atoms with Crippen molar-refractivity contribution in [2.45, 2.75) is 71.4 Å². The molecule has 0 spiro atoms. The zero-order valence-corrected chi connectivity index (χ0v) is 17.8. The molecule has 0 N–H and O–H groups in total. The van der Waals surface area contributed by atoms with Gasteiger partial charge >= 0.3 is 0 Å². The van der Waals surface area contributed by atoms with E-state index in [4.69, 9.17) is 21.3 Å². The summed E-state index contributed by atoms with van der Waals surface area (Å²) in [6.07, 6.45) is 4.29. The van der Waals surface area contributed by atoms with Crippen molar-refractivity contribution < 1.29 is 9.53 Å². The van der Waals surface area contributed by atoms with Crippen molar-refractivity contribution in [3.8, 4) is 0 Å². The van der Waals surface area contributed by atoms with Crippen LogP contribution in [-0.4, -0.2) is 62.5 Å². The summed E-state index contributed by atoms with van der Waals surface area (Å²) in [4.78, 5) is 22.5. The molecule has 0 bridgehead atoms. The molecular formula is C21H29ClN4O2. The van der Waals surface area contributed by atoms with Crippen molar-refractivity contribution in [3.63, 3.8) is 0 Å². The Bertz CT molecular complexity index is 863. The lowest BCUT2D eigenvalue weighted by Crippen LogP contribution is -2.48. The largest absolute Gasteiger partial charge is 0.372 e. The van der Waals surface area contributed by atoms with Gasteiger partial charge in [0.25, 0.3) is 5.91 Å². The van der Waals surface area contributed by atoms with Crippen molar-refractivity contribution in [2.75, 3.05) is 13.1 Å². The number of likely N-dealkylation sites (tertiary alicyclic amines) is 1. The molecule has 2 aromatic heterocycles. The van der Waals surface area contributed by atoms with Gasteiger partial charge in [-0.1, -0.05) is 11.6 Å². The molecule has 4 atom stereocenters. The molecule has 0 unspecified atom stereocenters. The first-order chi connectivity index (χ1) is 13.3. The van der Waals surface area contributed by atoms with E-state index in [1.165, 1.54) is 12.8 Å². The van der Waals surface area contributed by atoms with Crippen LogP contribution in [0, 0.1) is 0 Å². The van der Waals surface area contributed by atoms with Crippen LogP contribution in [0.3, 0.4) is 0 Å². The number of fused-ring (bicyclic) bond motifs is 1. The lowest BCUT2D eigenvalue weighted by molar-refractivity contribution is -0.0587. The predicted octanol–water partition coefficient (Wildman–Crippen LogP) is 3.61. The highest BCUT2D eigenvalue weighted by Crippen LogP contribution is 2.28. The Morgan fingerprint density at radius 3 is 2.43 bits per heavy atom. The van der Waals surface area contributed by atoms with Crippen LogP contribution in [0.4, 0.5) is 0 Å². The Morgan fingerprint density at radius 2 is 1.79 bits per heavy atom. The number of morpholine rings is 1. The number of carbonyl (C=O) groups is 1. The number of carbonyl (C=O) groups excluding carboxylic acids is 1. The van der Waals surface area contributed by atoms with Crippen LogP contribution in [0.25, 0.3) is 5.65 Å². The molecule has 152 valence electrons. The Kier molecular flexibility index (Phi) is 5.38. The molecule has 28 heavy (non-hydrogen) atoms. The van der Waals surface area contributed by atoms with E-state index in [1.807, 2.05) is 41.5 Å². The Hall–Kier alpha value is -1.63. The average Bonchev–Trinajstić information content (AvgIpc) is 3.15.